The standard InChI is InChI=1S/C20H23ClN2O5S/c1-27-19-7-6-18(29(25,26)23-9-11-28-12-10-23)13-15(19)5-8-20(24)22-17-4-2-3-16(21)14-17/h2-4,6-7,13-14H,5,8-12H2,1H3,(H,22,24). The first-order valence-corrected chi connectivity index (χ1v) is 11.0. The molecule has 0 aromatic heterocycles. The third-order valence-electron chi connectivity index (χ3n) is 4.59. The minimum Gasteiger partial charge on any atom is -0.496 e. The van der Waals surface area contributed by atoms with Crippen molar-refractivity contribution in [2.45, 2.75) is 17.7 Å². The van der Waals surface area contributed by atoms with Crippen molar-refractivity contribution in [3.8, 4) is 5.75 Å². The lowest BCUT2D eigenvalue weighted by Gasteiger charge is -2.26. The van der Waals surface area contributed by atoms with Gasteiger partial charge in [0.05, 0.1) is 25.2 Å². The molecule has 3 rings (SSSR count). The summed E-state index contributed by atoms with van der Waals surface area (Å²) in [5.41, 5.74) is 1.26. The van der Waals surface area contributed by atoms with Gasteiger partial charge < -0.3 is 14.8 Å². The molecule has 1 fully saturated rings. The number of rotatable bonds is 7. The zero-order valence-electron chi connectivity index (χ0n) is 16.1. The number of methoxy groups -OCH3 is 1. The lowest BCUT2D eigenvalue weighted by molar-refractivity contribution is -0.116. The fourth-order valence-electron chi connectivity index (χ4n) is 3.08. The Kier molecular flexibility index (Phi) is 7.13. The fourth-order valence-corrected chi connectivity index (χ4v) is 4.73. The maximum atomic E-state index is 12.9. The SMILES string of the molecule is COc1ccc(S(=O)(=O)N2CCOCC2)cc1CCC(=O)Nc1cccc(Cl)c1. The number of benzene rings is 2. The van der Waals surface area contributed by atoms with Gasteiger partial charge in [0, 0.05) is 30.2 Å². The maximum absolute atomic E-state index is 12.9. The van der Waals surface area contributed by atoms with E-state index < -0.39 is 10.0 Å². The van der Waals surface area contributed by atoms with Crippen LogP contribution in [0, 0.1) is 0 Å². The van der Waals surface area contributed by atoms with Gasteiger partial charge in [0.2, 0.25) is 15.9 Å². The molecule has 1 heterocycles. The lowest BCUT2D eigenvalue weighted by atomic mass is 10.1. The average Bonchev–Trinajstić information content (AvgIpc) is 2.72. The third-order valence-corrected chi connectivity index (χ3v) is 6.72. The molecule has 29 heavy (non-hydrogen) atoms. The quantitative estimate of drug-likeness (QED) is 0.718. The molecular weight excluding hydrogens is 416 g/mol. The van der Waals surface area contributed by atoms with Gasteiger partial charge in [-0.15, -0.1) is 0 Å². The number of nitrogens with one attached hydrogen (secondary N) is 1. The van der Waals surface area contributed by atoms with E-state index in [4.69, 9.17) is 21.1 Å². The second kappa shape index (κ2) is 9.58. The number of hydrogen-bond donors (Lipinski definition) is 1. The van der Waals surface area contributed by atoms with Crippen LogP contribution in [-0.4, -0.2) is 52.0 Å². The van der Waals surface area contributed by atoms with Gasteiger partial charge in [0.15, 0.2) is 0 Å². The van der Waals surface area contributed by atoms with Crippen LogP contribution in [0.3, 0.4) is 0 Å². The van der Waals surface area contributed by atoms with Crippen molar-refractivity contribution in [1.29, 1.82) is 0 Å². The molecule has 0 aliphatic carbocycles. The number of morpholine rings is 1. The van der Waals surface area contributed by atoms with Crippen LogP contribution in [0.1, 0.15) is 12.0 Å². The molecule has 0 radical (unpaired) electrons. The number of halogens is 1. The van der Waals surface area contributed by atoms with Crippen molar-refractivity contribution in [3.63, 3.8) is 0 Å². The monoisotopic (exact) mass is 438 g/mol. The molecule has 1 aliphatic rings. The largest absolute Gasteiger partial charge is 0.496 e. The van der Waals surface area contributed by atoms with E-state index in [1.165, 1.54) is 17.5 Å². The van der Waals surface area contributed by atoms with Crippen molar-refractivity contribution in [3.05, 3.63) is 53.1 Å². The zero-order chi connectivity index (χ0) is 20.9. The van der Waals surface area contributed by atoms with Crippen molar-refractivity contribution in [2.75, 3.05) is 38.7 Å². The van der Waals surface area contributed by atoms with Gasteiger partial charge in [0.1, 0.15) is 5.75 Å². The summed E-state index contributed by atoms with van der Waals surface area (Å²) in [4.78, 5) is 12.5. The lowest BCUT2D eigenvalue weighted by Crippen LogP contribution is -2.40. The van der Waals surface area contributed by atoms with Gasteiger partial charge in [-0.1, -0.05) is 17.7 Å². The van der Waals surface area contributed by atoms with Crippen LogP contribution in [0.4, 0.5) is 5.69 Å². The maximum Gasteiger partial charge on any atom is 0.243 e. The molecule has 0 unspecified atom stereocenters. The summed E-state index contributed by atoms with van der Waals surface area (Å²) in [6, 6.07) is 11.6. The van der Waals surface area contributed by atoms with Crippen molar-refractivity contribution < 1.29 is 22.7 Å². The second-order valence-electron chi connectivity index (χ2n) is 6.55. The minimum atomic E-state index is -3.62. The Bertz CT molecular complexity index is 975. The van der Waals surface area contributed by atoms with Crippen LogP contribution in [-0.2, 0) is 26.0 Å². The molecule has 0 bridgehead atoms. The molecule has 1 aliphatic heterocycles. The smallest absolute Gasteiger partial charge is 0.243 e. The molecule has 7 nitrogen and oxygen atoms in total. The number of ether oxygens (including phenoxy) is 2. The summed E-state index contributed by atoms with van der Waals surface area (Å²) in [6.45, 7) is 1.41. The van der Waals surface area contributed by atoms with Gasteiger partial charge in [-0.2, -0.15) is 4.31 Å². The Hall–Kier alpha value is -2.13. The number of amides is 1. The summed E-state index contributed by atoms with van der Waals surface area (Å²) in [5.74, 6) is 0.345. The number of anilines is 1. The highest BCUT2D eigenvalue weighted by molar-refractivity contribution is 7.89. The van der Waals surface area contributed by atoms with Crippen LogP contribution in [0.25, 0.3) is 0 Å². The molecule has 2 aromatic carbocycles. The van der Waals surface area contributed by atoms with E-state index in [0.29, 0.717) is 54.7 Å². The van der Waals surface area contributed by atoms with Gasteiger partial charge in [0.25, 0.3) is 0 Å². The van der Waals surface area contributed by atoms with Crippen LogP contribution >= 0.6 is 11.6 Å². The normalized spacial score (nSPS) is 15.1. The molecule has 156 valence electrons. The number of sulfonamides is 1. The van der Waals surface area contributed by atoms with Gasteiger partial charge in [-0.25, -0.2) is 8.42 Å². The van der Waals surface area contributed by atoms with Crippen LogP contribution in [0.15, 0.2) is 47.4 Å². The van der Waals surface area contributed by atoms with Crippen molar-refractivity contribution in [2.24, 2.45) is 0 Å². The van der Waals surface area contributed by atoms with Crippen molar-refractivity contribution >= 4 is 33.2 Å². The first-order valence-electron chi connectivity index (χ1n) is 9.20. The van der Waals surface area contributed by atoms with E-state index >= 15 is 0 Å². The predicted molar refractivity (Wildman–Crippen MR) is 111 cm³/mol. The number of nitrogens with zero attached hydrogens (tertiary/aromatic N) is 1. The van der Waals surface area contributed by atoms with Crippen molar-refractivity contribution in [1.82, 2.24) is 4.31 Å². The first kappa shape index (κ1) is 21.6. The molecule has 0 saturated carbocycles. The highest BCUT2D eigenvalue weighted by atomic mass is 35.5. The Balaban J connectivity index is 1.72. The molecule has 1 N–H and O–H groups in total. The van der Waals surface area contributed by atoms with E-state index in [-0.39, 0.29) is 17.2 Å². The molecule has 0 atom stereocenters. The first-order chi connectivity index (χ1) is 13.9. The summed E-state index contributed by atoms with van der Waals surface area (Å²) in [6.07, 6.45) is 0.506. The van der Waals surface area contributed by atoms with E-state index in [1.807, 2.05) is 0 Å². The Labute approximate surface area is 175 Å². The van der Waals surface area contributed by atoms with E-state index in [2.05, 4.69) is 5.32 Å². The van der Waals surface area contributed by atoms with E-state index in [0.717, 1.165) is 0 Å². The molecular formula is C20H23ClN2O5S. The van der Waals surface area contributed by atoms with Gasteiger partial charge in [-0.05, 0) is 48.4 Å². The van der Waals surface area contributed by atoms with Crippen LogP contribution < -0.4 is 10.1 Å². The molecule has 1 amide bonds. The average molecular weight is 439 g/mol. The topological polar surface area (TPSA) is 84.9 Å². The van der Waals surface area contributed by atoms with Gasteiger partial charge in [-0.3, -0.25) is 4.79 Å². The summed E-state index contributed by atoms with van der Waals surface area (Å²) < 4.78 is 37.8. The predicted octanol–water partition coefficient (Wildman–Crippen LogP) is 2.94. The highest BCUT2D eigenvalue weighted by Gasteiger charge is 2.27. The molecule has 9 heteroatoms. The molecule has 1 saturated heterocycles. The number of aryl methyl sites for hydroxylation is 1. The minimum absolute atomic E-state index is 0.171. The summed E-state index contributed by atoms with van der Waals surface area (Å²) in [7, 11) is -2.10. The summed E-state index contributed by atoms with van der Waals surface area (Å²) in [5, 5.41) is 3.32. The second-order valence-corrected chi connectivity index (χ2v) is 8.92. The van der Waals surface area contributed by atoms with Crippen LogP contribution in [0.5, 0.6) is 5.75 Å². The molecule has 0 spiro atoms. The number of carbonyl (C=O) groups excluding carboxylic acids is 1. The summed E-state index contributed by atoms with van der Waals surface area (Å²) >= 11 is 5.93. The molecule has 2 aromatic rings. The van der Waals surface area contributed by atoms with Gasteiger partial charge >= 0.3 is 0 Å². The Morgan fingerprint density at radius 1 is 1.21 bits per heavy atom. The Morgan fingerprint density at radius 2 is 1.97 bits per heavy atom. The number of hydrogen-bond acceptors (Lipinski definition) is 5. The van der Waals surface area contributed by atoms with E-state index in [1.54, 1.807) is 36.4 Å². The van der Waals surface area contributed by atoms with Crippen LogP contribution in [0.2, 0.25) is 5.02 Å². The van der Waals surface area contributed by atoms with E-state index in [9.17, 15) is 13.2 Å². The Morgan fingerprint density at radius 3 is 2.66 bits per heavy atom. The zero-order valence-corrected chi connectivity index (χ0v) is 17.6. The number of carbonyl (C=O) groups is 1. The third kappa shape index (κ3) is 5.48. The highest BCUT2D eigenvalue weighted by Crippen LogP contribution is 2.26. The fraction of sp³-hybridized carbons (Fsp3) is 0.350.